The van der Waals surface area contributed by atoms with Crippen LogP contribution in [0.15, 0.2) is 22.7 Å². The van der Waals surface area contributed by atoms with Gasteiger partial charge < -0.3 is 4.90 Å². The van der Waals surface area contributed by atoms with Crippen molar-refractivity contribution < 1.29 is 4.79 Å². The third-order valence-electron chi connectivity index (χ3n) is 2.77. The van der Waals surface area contributed by atoms with E-state index in [9.17, 15) is 4.79 Å². The minimum Gasteiger partial charge on any atom is -0.311 e. The maximum atomic E-state index is 11.8. The highest BCUT2D eigenvalue weighted by molar-refractivity contribution is 9.10. The highest BCUT2D eigenvalue weighted by Crippen LogP contribution is 2.29. The van der Waals surface area contributed by atoms with Gasteiger partial charge in [-0.15, -0.1) is 0 Å². The van der Waals surface area contributed by atoms with E-state index in [-0.39, 0.29) is 11.8 Å². The van der Waals surface area contributed by atoms with E-state index in [0.717, 1.165) is 15.7 Å². The number of carbonyl (C=O) groups is 1. The Balaban J connectivity index is 2.35. The van der Waals surface area contributed by atoms with Crippen LogP contribution in [0.3, 0.4) is 0 Å². The Labute approximate surface area is 103 Å². The van der Waals surface area contributed by atoms with Crippen molar-refractivity contribution >= 4 is 27.5 Å². The fourth-order valence-electron chi connectivity index (χ4n) is 1.90. The second-order valence-electron chi connectivity index (χ2n) is 3.97. The van der Waals surface area contributed by atoms with Crippen LogP contribution in [0, 0.1) is 24.2 Å². The number of halogens is 1. The van der Waals surface area contributed by atoms with Gasteiger partial charge in [0.25, 0.3) is 0 Å². The summed E-state index contributed by atoms with van der Waals surface area (Å²) in [4.78, 5) is 13.5. The molecule has 16 heavy (non-hydrogen) atoms. The van der Waals surface area contributed by atoms with Crippen molar-refractivity contribution in [3.05, 3.63) is 28.2 Å². The fraction of sp³-hybridized carbons (Fsp3) is 0.333. The lowest BCUT2D eigenvalue weighted by Gasteiger charge is -2.18. The summed E-state index contributed by atoms with van der Waals surface area (Å²) in [7, 11) is 0. The van der Waals surface area contributed by atoms with Crippen LogP contribution in [0.2, 0.25) is 0 Å². The molecule has 0 saturated carbocycles. The molecule has 4 heteroatoms. The zero-order valence-corrected chi connectivity index (χ0v) is 10.5. The average molecular weight is 279 g/mol. The average Bonchev–Trinajstić information content (AvgIpc) is 2.63. The second kappa shape index (κ2) is 4.26. The normalized spacial score (nSPS) is 19.9. The molecule has 1 amide bonds. The molecule has 0 spiro atoms. The summed E-state index contributed by atoms with van der Waals surface area (Å²) in [6.45, 7) is 2.47. The molecule has 1 unspecified atom stereocenters. The maximum Gasteiger partial charge on any atom is 0.228 e. The lowest BCUT2D eigenvalue weighted by atomic mass is 10.1. The van der Waals surface area contributed by atoms with Crippen molar-refractivity contribution in [3.63, 3.8) is 0 Å². The number of amides is 1. The number of anilines is 1. The smallest absolute Gasteiger partial charge is 0.228 e. The summed E-state index contributed by atoms with van der Waals surface area (Å²) in [5, 5.41) is 8.83. The molecule has 1 aliphatic heterocycles. The van der Waals surface area contributed by atoms with E-state index in [1.165, 1.54) is 0 Å². The molecule has 1 atom stereocenters. The van der Waals surface area contributed by atoms with Crippen LogP contribution < -0.4 is 4.90 Å². The third-order valence-corrected chi connectivity index (χ3v) is 3.26. The van der Waals surface area contributed by atoms with Crippen LogP contribution in [0.25, 0.3) is 0 Å². The SMILES string of the molecule is Cc1ccc(Br)cc1N1CC(C#N)CC1=O. The van der Waals surface area contributed by atoms with E-state index in [2.05, 4.69) is 22.0 Å². The molecule has 0 bridgehead atoms. The fourth-order valence-corrected chi connectivity index (χ4v) is 2.25. The summed E-state index contributed by atoms with van der Waals surface area (Å²) in [6.07, 6.45) is 0.336. The summed E-state index contributed by atoms with van der Waals surface area (Å²) in [5.41, 5.74) is 1.95. The van der Waals surface area contributed by atoms with E-state index in [1.807, 2.05) is 25.1 Å². The van der Waals surface area contributed by atoms with Gasteiger partial charge >= 0.3 is 0 Å². The van der Waals surface area contributed by atoms with Crippen LogP contribution in [0.5, 0.6) is 0 Å². The van der Waals surface area contributed by atoms with Gasteiger partial charge in [-0.2, -0.15) is 5.26 Å². The first-order valence-electron chi connectivity index (χ1n) is 5.08. The maximum absolute atomic E-state index is 11.8. The van der Waals surface area contributed by atoms with Crippen LogP contribution >= 0.6 is 15.9 Å². The molecule has 3 nitrogen and oxygen atoms in total. The van der Waals surface area contributed by atoms with Crippen molar-refractivity contribution in [3.8, 4) is 6.07 Å². The van der Waals surface area contributed by atoms with E-state index >= 15 is 0 Å². The van der Waals surface area contributed by atoms with Gasteiger partial charge in [0, 0.05) is 23.1 Å². The number of benzene rings is 1. The van der Waals surface area contributed by atoms with Crippen LogP contribution in [0.1, 0.15) is 12.0 Å². The molecule has 0 radical (unpaired) electrons. The Morgan fingerprint density at radius 3 is 2.94 bits per heavy atom. The summed E-state index contributed by atoms with van der Waals surface area (Å²) in [6, 6.07) is 7.99. The van der Waals surface area contributed by atoms with Crippen molar-refractivity contribution in [2.75, 3.05) is 11.4 Å². The number of nitrogens with zero attached hydrogens (tertiary/aromatic N) is 2. The molecule has 82 valence electrons. The van der Waals surface area contributed by atoms with E-state index in [0.29, 0.717) is 13.0 Å². The molecule has 1 saturated heterocycles. The summed E-state index contributed by atoms with van der Waals surface area (Å²) >= 11 is 3.39. The molecule has 1 aliphatic rings. The molecule has 1 fully saturated rings. The number of hydrogen-bond donors (Lipinski definition) is 0. The second-order valence-corrected chi connectivity index (χ2v) is 4.88. The Morgan fingerprint density at radius 2 is 2.31 bits per heavy atom. The Morgan fingerprint density at radius 1 is 1.56 bits per heavy atom. The van der Waals surface area contributed by atoms with Crippen LogP contribution in [-0.4, -0.2) is 12.5 Å². The number of rotatable bonds is 1. The lowest BCUT2D eigenvalue weighted by molar-refractivity contribution is -0.117. The Hall–Kier alpha value is -1.34. The number of nitriles is 1. The van der Waals surface area contributed by atoms with Gasteiger partial charge in [0.2, 0.25) is 5.91 Å². The Kier molecular flexibility index (Phi) is 2.97. The molecular formula is C12H11BrN2O. The van der Waals surface area contributed by atoms with Crippen molar-refractivity contribution in [2.24, 2.45) is 5.92 Å². The topological polar surface area (TPSA) is 44.1 Å². The molecule has 1 heterocycles. The molecule has 0 aromatic heterocycles. The van der Waals surface area contributed by atoms with Gasteiger partial charge in [-0.1, -0.05) is 22.0 Å². The first-order valence-corrected chi connectivity index (χ1v) is 5.87. The zero-order chi connectivity index (χ0) is 11.7. The van der Waals surface area contributed by atoms with Crippen molar-refractivity contribution in [1.82, 2.24) is 0 Å². The zero-order valence-electron chi connectivity index (χ0n) is 8.90. The first kappa shape index (κ1) is 11.2. The molecular weight excluding hydrogens is 268 g/mol. The van der Waals surface area contributed by atoms with Gasteiger partial charge in [0.05, 0.1) is 12.0 Å². The minimum absolute atomic E-state index is 0.0350. The first-order chi connectivity index (χ1) is 7.61. The summed E-state index contributed by atoms with van der Waals surface area (Å²) in [5.74, 6) is -0.140. The molecule has 1 aromatic rings. The standard InChI is InChI=1S/C12H11BrN2O/c1-8-2-3-10(13)5-11(8)15-7-9(6-14)4-12(15)16/h2-3,5,9H,4,7H2,1H3. The van der Waals surface area contributed by atoms with Gasteiger partial charge in [-0.3, -0.25) is 4.79 Å². The third kappa shape index (κ3) is 1.96. The number of hydrogen-bond acceptors (Lipinski definition) is 2. The molecule has 0 N–H and O–H groups in total. The van der Waals surface area contributed by atoms with Crippen LogP contribution in [-0.2, 0) is 4.79 Å². The summed E-state index contributed by atoms with van der Waals surface area (Å²) < 4.78 is 0.946. The highest BCUT2D eigenvalue weighted by atomic mass is 79.9. The highest BCUT2D eigenvalue weighted by Gasteiger charge is 2.31. The predicted octanol–water partition coefficient (Wildman–Crippen LogP) is 2.63. The van der Waals surface area contributed by atoms with E-state index < -0.39 is 0 Å². The van der Waals surface area contributed by atoms with Gasteiger partial charge in [0.15, 0.2) is 0 Å². The van der Waals surface area contributed by atoms with Crippen molar-refractivity contribution in [1.29, 1.82) is 5.26 Å². The monoisotopic (exact) mass is 278 g/mol. The van der Waals surface area contributed by atoms with Gasteiger partial charge in [-0.05, 0) is 24.6 Å². The molecule has 2 rings (SSSR count). The Bertz CT molecular complexity index is 478. The predicted molar refractivity (Wildman–Crippen MR) is 65.0 cm³/mol. The quantitative estimate of drug-likeness (QED) is 0.793. The van der Waals surface area contributed by atoms with E-state index in [4.69, 9.17) is 5.26 Å². The van der Waals surface area contributed by atoms with E-state index in [1.54, 1.807) is 4.90 Å². The lowest BCUT2D eigenvalue weighted by Crippen LogP contribution is -2.25. The minimum atomic E-state index is -0.175. The largest absolute Gasteiger partial charge is 0.311 e. The van der Waals surface area contributed by atoms with Gasteiger partial charge in [-0.25, -0.2) is 0 Å². The number of aryl methyl sites for hydroxylation is 1. The van der Waals surface area contributed by atoms with Gasteiger partial charge in [0.1, 0.15) is 0 Å². The van der Waals surface area contributed by atoms with Crippen molar-refractivity contribution in [2.45, 2.75) is 13.3 Å². The molecule has 1 aromatic carbocycles. The number of carbonyl (C=O) groups excluding carboxylic acids is 1. The molecule has 0 aliphatic carbocycles. The van der Waals surface area contributed by atoms with Crippen LogP contribution in [0.4, 0.5) is 5.69 Å².